The molecule has 0 radical (unpaired) electrons. The normalized spacial score (nSPS) is 11.5. The zero-order valence-corrected chi connectivity index (χ0v) is 8.16. The molecule has 0 fully saturated rings. The number of amidine groups is 1. The van der Waals surface area contributed by atoms with Gasteiger partial charge in [-0.15, -0.1) is 0 Å². The molecule has 0 saturated carbocycles. The summed E-state index contributed by atoms with van der Waals surface area (Å²) < 4.78 is 4.78. The predicted molar refractivity (Wildman–Crippen MR) is 54.2 cm³/mol. The average Bonchev–Trinajstić information content (AvgIpc) is 2.11. The minimum atomic E-state index is 0.189. The van der Waals surface area contributed by atoms with Gasteiger partial charge in [0.1, 0.15) is 0 Å². The van der Waals surface area contributed by atoms with Gasteiger partial charge in [0.25, 0.3) is 6.02 Å². The molecule has 0 atom stereocenters. The first-order valence-electron chi connectivity index (χ1n) is 4.09. The highest BCUT2D eigenvalue weighted by atomic mass is 16.5. The van der Waals surface area contributed by atoms with E-state index >= 15 is 0 Å². The number of benzene rings is 1. The molecule has 2 N–H and O–H groups in total. The summed E-state index contributed by atoms with van der Waals surface area (Å²) in [6.45, 7) is 4.00. The zero-order valence-electron chi connectivity index (χ0n) is 8.16. The lowest BCUT2D eigenvalue weighted by Crippen LogP contribution is -2.12. The molecule has 0 heterocycles. The van der Waals surface area contributed by atoms with Crippen LogP contribution < -0.4 is 5.73 Å². The molecule has 0 spiro atoms. The number of aryl methyl sites for hydroxylation is 2. The van der Waals surface area contributed by atoms with Gasteiger partial charge in [-0.25, -0.2) is 0 Å². The van der Waals surface area contributed by atoms with Crippen LogP contribution in [0.1, 0.15) is 11.1 Å². The van der Waals surface area contributed by atoms with Gasteiger partial charge in [0.05, 0.1) is 12.8 Å². The van der Waals surface area contributed by atoms with Gasteiger partial charge in [0.2, 0.25) is 0 Å². The highest BCUT2D eigenvalue weighted by Crippen LogP contribution is 2.19. The van der Waals surface area contributed by atoms with Crippen molar-refractivity contribution in [1.82, 2.24) is 0 Å². The minimum absolute atomic E-state index is 0.189. The molecule has 0 saturated heterocycles. The summed E-state index contributed by atoms with van der Waals surface area (Å²) in [5.74, 6) is 0. The Labute approximate surface area is 78.2 Å². The Morgan fingerprint density at radius 2 is 2.08 bits per heavy atom. The lowest BCUT2D eigenvalue weighted by atomic mass is 10.1. The fourth-order valence-corrected chi connectivity index (χ4v) is 1.00. The lowest BCUT2D eigenvalue weighted by molar-refractivity contribution is 0.397. The van der Waals surface area contributed by atoms with Gasteiger partial charge in [0.15, 0.2) is 0 Å². The summed E-state index contributed by atoms with van der Waals surface area (Å²) in [5, 5.41) is 0. The largest absolute Gasteiger partial charge is 0.469 e. The summed E-state index contributed by atoms with van der Waals surface area (Å²) in [7, 11) is 1.50. The second-order valence-corrected chi connectivity index (χ2v) is 2.94. The molecule has 0 aliphatic heterocycles. The Morgan fingerprint density at radius 1 is 1.38 bits per heavy atom. The molecule has 3 heteroatoms. The third-order valence-electron chi connectivity index (χ3n) is 1.80. The van der Waals surface area contributed by atoms with Crippen LogP contribution in [0.25, 0.3) is 0 Å². The van der Waals surface area contributed by atoms with E-state index in [9.17, 15) is 0 Å². The van der Waals surface area contributed by atoms with Crippen molar-refractivity contribution in [3.63, 3.8) is 0 Å². The molecule has 0 aliphatic rings. The van der Waals surface area contributed by atoms with E-state index in [2.05, 4.69) is 4.99 Å². The topological polar surface area (TPSA) is 47.6 Å². The monoisotopic (exact) mass is 178 g/mol. The van der Waals surface area contributed by atoms with Crippen LogP contribution in [0.15, 0.2) is 23.2 Å². The fourth-order valence-electron chi connectivity index (χ4n) is 1.00. The van der Waals surface area contributed by atoms with Crippen molar-refractivity contribution in [1.29, 1.82) is 0 Å². The third kappa shape index (κ3) is 2.47. The molecule has 0 aromatic heterocycles. The number of nitrogens with zero attached hydrogens (tertiary/aromatic N) is 1. The van der Waals surface area contributed by atoms with Crippen LogP contribution in [0.5, 0.6) is 0 Å². The number of nitrogens with two attached hydrogens (primary N) is 1. The van der Waals surface area contributed by atoms with E-state index in [4.69, 9.17) is 10.5 Å². The first-order valence-corrected chi connectivity index (χ1v) is 4.09. The van der Waals surface area contributed by atoms with E-state index in [1.807, 2.05) is 32.0 Å². The SMILES string of the molecule is COC(N)=Nc1cc(C)ccc1C. The molecule has 0 aliphatic carbocycles. The smallest absolute Gasteiger partial charge is 0.286 e. The van der Waals surface area contributed by atoms with E-state index in [0.717, 1.165) is 16.8 Å². The maximum Gasteiger partial charge on any atom is 0.286 e. The van der Waals surface area contributed by atoms with Crippen molar-refractivity contribution in [2.45, 2.75) is 13.8 Å². The number of rotatable bonds is 1. The van der Waals surface area contributed by atoms with Crippen molar-refractivity contribution in [2.75, 3.05) is 7.11 Å². The Morgan fingerprint density at radius 3 is 2.69 bits per heavy atom. The molecular formula is C10H14N2O. The molecule has 1 rings (SSSR count). The van der Waals surface area contributed by atoms with Crippen LogP contribution in [-0.4, -0.2) is 13.1 Å². The quantitative estimate of drug-likeness (QED) is 0.527. The number of hydrogen-bond donors (Lipinski definition) is 1. The molecule has 1 aromatic rings. The van der Waals surface area contributed by atoms with Gasteiger partial charge in [0, 0.05) is 0 Å². The molecule has 0 unspecified atom stereocenters. The van der Waals surface area contributed by atoms with Crippen LogP contribution in [0.4, 0.5) is 5.69 Å². The second-order valence-electron chi connectivity index (χ2n) is 2.94. The summed E-state index contributed by atoms with van der Waals surface area (Å²) >= 11 is 0. The zero-order chi connectivity index (χ0) is 9.84. The maximum absolute atomic E-state index is 5.45. The van der Waals surface area contributed by atoms with Crippen molar-refractivity contribution in [3.8, 4) is 0 Å². The Kier molecular flexibility index (Phi) is 2.90. The first-order chi connectivity index (χ1) is 6.13. The van der Waals surface area contributed by atoms with Crippen LogP contribution >= 0.6 is 0 Å². The molecule has 3 nitrogen and oxygen atoms in total. The van der Waals surface area contributed by atoms with Gasteiger partial charge >= 0.3 is 0 Å². The third-order valence-corrected chi connectivity index (χ3v) is 1.80. The van der Waals surface area contributed by atoms with E-state index in [0.29, 0.717) is 0 Å². The average molecular weight is 178 g/mol. The Bertz CT molecular complexity index is 332. The first kappa shape index (κ1) is 9.58. The molecule has 1 aromatic carbocycles. The van der Waals surface area contributed by atoms with Crippen LogP contribution in [0.3, 0.4) is 0 Å². The van der Waals surface area contributed by atoms with E-state index < -0.39 is 0 Å². The van der Waals surface area contributed by atoms with Crippen LogP contribution in [0, 0.1) is 13.8 Å². The highest BCUT2D eigenvalue weighted by molar-refractivity contribution is 5.75. The highest BCUT2D eigenvalue weighted by Gasteiger charge is 1.97. The van der Waals surface area contributed by atoms with Crippen molar-refractivity contribution >= 4 is 11.7 Å². The van der Waals surface area contributed by atoms with Crippen molar-refractivity contribution < 1.29 is 4.74 Å². The molecule has 0 bridgehead atoms. The number of ether oxygens (including phenoxy) is 1. The molecule has 0 amide bonds. The van der Waals surface area contributed by atoms with Gasteiger partial charge in [-0.1, -0.05) is 12.1 Å². The van der Waals surface area contributed by atoms with Gasteiger partial charge in [-0.05, 0) is 31.0 Å². The summed E-state index contributed by atoms with van der Waals surface area (Å²) in [6, 6.07) is 6.21. The molecule has 70 valence electrons. The van der Waals surface area contributed by atoms with Crippen LogP contribution in [0.2, 0.25) is 0 Å². The summed E-state index contributed by atoms with van der Waals surface area (Å²) in [5.41, 5.74) is 8.56. The summed E-state index contributed by atoms with van der Waals surface area (Å²) in [6.07, 6.45) is 0. The van der Waals surface area contributed by atoms with Crippen LogP contribution in [-0.2, 0) is 4.74 Å². The van der Waals surface area contributed by atoms with Gasteiger partial charge in [-0.3, -0.25) is 0 Å². The number of aliphatic imine (C=N–C) groups is 1. The predicted octanol–water partition coefficient (Wildman–Crippen LogP) is 1.90. The van der Waals surface area contributed by atoms with Gasteiger partial charge < -0.3 is 10.5 Å². The lowest BCUT2D eigenvalue weighted by Gasteiger charge is -2.02. The van der Waals surface area contributed by atoms with E-state index in [1.165, 1.54) is 7.11 Å². The Balaban J connectivity index is 3.07. The fraction of sp³-hybridized carbons (Fsp3) is 0.300. The molecular weight excluding hydrogens is 164 g/mol. The Hall–Kier alpha value is -1.51. The van der Waals surface area contributed by atoms with E-state index in [1.54, 1.807) is 0 Å². The molecule has 13 heavy (non-hydrogen) atoms. The van der Waals surface area contributed by atoms with Crippen molar-refractivity contribution in [2.24, 2.45) is 10.7 Å². The maximum atomic E-state index is 5.45. The number of hydrogen-bond acceptors (Lipinski definition) is 2. The standard InChI is InChI=1S/C10H14N2O/c1-7-4-5-8(2)9(6-7)12-10(11)13-3/h4-6H,1-3H3,(H2,11,12). The minimum Gasteiger partial charge on any atom is -0.469 e. The number of methoxy groups -OCH3 is 1. The summed E-state index contributed by atoms with van der Waals surface area (Å²) in [4.78, 5) is 4.11. The van der Waals surface area contributed by atoms with Gasteiger partial charge in [-0.2, -0.15) is 4.99 Å². The second kappa shape index (κ2) is 3.94. The van der Waals surface area contributed by atoms with E-state index in [-0.39, 0.29) is 6.02 Å². The van der Waals surface area contributed by atoms with Crippen molar-refractivity contribution in [3.05, 3.63) is 29.3 Å².